The molecule has 2 aliphatic rings. The van der Waals surface area contributed by atoms with E-state index >= 15 is 0 Å². The van der Waals surface area contributed by atoms with E-state index in [-0.39, 0.29) is 11.8 Å². The molecule has 96 valence electrons. The number of carboxylic acid groups (broad SMARTS) is 1. The number of hydrogen-bond acceptors (Lipinski definition) is 3. The second kappa shape index (κ2) is 4.39. The van der Waals surface area contributed by atoms with Crippen LogP contribution in [0.25, 0.3) is 0 Å². The second-order valence-corrected chi connectivity index (χ2v) is 6.10. The number of nitrogens with zero attached hydrogens (tertiary/aromatic N) is 1. The van der Waals surface area contributed by atoms with E-state index in [4.69, 9.17) is 5.11 Å². The van der Waals surface area contributed by atoms with Crippen LogP contribution in [0.2, 0.25) is 0 Å². The Hall–Kier alpha value is -1.36. The first-order valence-corrected chi connectivity index (χ1v) is 7.10. The highest BCUT2D eigenvalue weighted by molar-refractivity contribution is 7.09. The van der Waals surface area contributed by atoms with Crippen LogP contribution in [0.3, 0.4) is 0 Å². The third-order valence-electron chi connectivity index (χ3n) is 3.60. The van der Waals surface area contributed by atoms with Gasteiger partial charge in [-0.1, -0.05) is 6.07 Å². The van der Waals surface area contributed by atoms with Gasteiger partial charge in [0.05, 0.1) is 18.4 Å². The standard InChI is InChI=1S/C13H15NO3S/c15-12(10-6-11(10)13(16)17)14(8-3-4-8)7-9-2-1-5-18-9/h1-2,5,8,10-11H,3-4,6-7H2,(H,16,17)/t10-,11+/m0/s1. The molecular weight excluding hydrogens is 250 g/mol. The average molecular weight is 265 g/mol. The molecule has 0 spiro atoms. The number of amides is 1. The molecule has 2 atom stereocenters. The highest BCUT2D eigenvalue weighted by Crippen LogP contribution is 2.42. The summed E-state index contributed by atoms with van der Waals surface area (Å²) in [4.78, 5) is 26.2. The molecule has 0 aliphatic heterocycles. The molecule has 4 nitrogen and oxygen atoms in total. The van der Waals surface area contributed by atoms with Crippen LogP contribution in [-0.2, 0) is 16.1 Å². The number of carbonyl (C=O) groups excluding carboxylic acids is 1. The van der Waals surface area contributed by atoms with Crippen LogP contribution in [0, 0.1) is 11.8 Å². The summed E-state index contributed by atoms with van der Waals surface area (Å²) in [6.45, 7) is 0.643. The topological polar surface area (TPSA) is 57.6 Å². The monoisotopic (exact) mass is 265 g/mol. The molecule has 1 amide bonds. The van der Waals surface area contributed by atoms with Crippen molar-refractivity contribution in [2.24, 2.45) is 11.8 Å². The Balaban J connectivity index is 1.67. The molecule has 3 rings (SSSR count). The first-order chi connectivity index (χ1) is 8.66. The minimum absolute atomic E-state index is 0.0401. The molecule has 2 saturated carbocycles. The van der Waals surface area contributed by atoms with Gasteiger partial charge in [0.15, 0.2) is 0 Å². The number of aliphatic carboxylic acids is 1. The maximum absolute atomic E-state index is 12.3. The molecule has 2 fully saturated rings. The summed E-state index contributed by atoms with van der Waals surface area (Å²) in [7, 11) is 0. The Labute approximate surface area is 109 Å². The predicted molar refractivity (Wildman–Crippen MR) is 67.1 cm³/mol. The van der Waals surface area contributed by atoms with Gasteiger partial charge >= 0.3 is 5.97 Å². The maximum atomic E-state index is 12.3. The van der Waals surface area contributed by atoms with Crippen LogP contribution in [0.5, 0.6) is 0 Å². The van der Waals surface area contributed by atoms with Crippen LogP contribution in [0.1, 0.15) is 24.1 Å². The van der Waals surface area contributed by atoms with Crippen molar-refractivity contribution in [1.82, 2.24) is 4.90 Å². The van der Waals surface area contributed by atoms with Gasteiger partial charge in [-0.25, -0.2) is 0 Å². The minimum Gasteiger partial charge on any atom is -0.481 e. The number of carboxylic acids is 1. The molecule has 0 saturated heterocycles. The van der Waals surface area contributed by atoms with Gasteiger partial charge < -0.3 is 10.0 Å². The number of thiophene rings is 1. The molecule has 1 heterocycles. The molecule has 18 heavy (non-hydrogen) atoms. The van der Waals surface area contributed by atoms with Crippen molar-refractivity contribution in [2.75, 3.05) is 0 Å². The van der Waals surface area contributed by atoms with Crippen LogP contribution in [0.4, 0.5) is 0 Å². The van der Waals surface area contributed by atoms with E-state index in [2.05, 4.69) is 0 Å². The highest BCUT2D eigenvalue weighted by atomic mass is 32.1. The van der Waals surface area contributed by atoms with Gasteiger partial charge in [-0.2, -0.15) is 0 Å². The van der Waals surface area contributed by atoms with E-state index in [1.54, 1.807) is 11.3 Å². The lowest BCUT2D eigenvalue weighted by Crippen LogP contribution is -2.34. The third kappa shape index (κ3) is 2.27. The van der Waals surface area contributed by atoms with Crippen LogP contribution >= 0.6 is 11.3 Å². The Bertz CT molecular complexity index is 467. The lowest BCUT2D eigenvalue weighted by atomic mass is 10.2. The normalized spacial score (nSPS) is 25.8. The lowest BCUT2D eigenvalue weighted by Gasteiger charge is -2.21. The Morgan fingerprint density at radius 3 is 2.67 bits per heavy atom. The first kappa shape index (κ1) is 11.7. The first-order valence-electron chi connectivity index (χ1n) is 6.22. The second-order valence-electron chi connectivity index (χ2n) is 5.06. The summed E-state index contributed by atoms with van der Waals surface area (Å²) in [5.74, 6) is -1.51. The molecule has 0 bridgehead atoms. The zero-order valence-corrected chi connectivity index (χ0v) is 10.7. The summed E-state index contributed by atoms with van der Waals surface area (Å²) >= 11 is 1.64. The number of carbonyl (C=O) groups is 2. The van der Waals surface area contributed by atoms with Gasteiger partial charge in [0.1, 0.15) is 0 Å². The van der Waals surface area contributed by atoms with E-state index in [0.29, 0.717) is 19.0 Å². The van der Waals surface area contributed by atoms with Gasteiger partial charge in [-0.05, 0) is 30.7 Å². The van der Waals surface area contributed by atoms with Crippen molar-refractivity contribution in [3.8, 4) is 0 Å². The van der Waals surface area contributed by atoms with Crippen LogP contribution < -0.4 is 0 Å². The fraction of sp³-hybridized carbons (Fsp3) is 0.538. The summed E-state index contributed by atoms with van der Waals surface area (Å²) in [6, 6.07) is 4.34. The molecule has 2 aliphatic carbocycles. The van der Waals surface area contributed by atoms with E-state index in [9.17, 15) is 9.59 Å². The summed E-state index contributed by atoms with van der Waals surface area (Å²) in [6.07, 6.45) is 2.63. The Morgan fingerprint density at radius 1 is 1.39 bits per heavy atom. The summed E-state index contributed by atoms with van der Waals surface area (Å²) < 4.78 is 0. The molecule has 1 aromatic rings. The van der Waals surface area contributed by atoms with Crippen molar-refractivity contribution in [2.45, 2.75) is 31.8 Å². The molecule has 0 aromatic carbocycles. The van der Waals surface area contributed by atoms with E-state index in [0.717, 1.165) is 12.8 Å². The van der Waals surface area contributed by atoms with Gasteiger partial charge in [0.2, 0.25) is 5.91 Å². The molecule has 5 heteroatoms. The van der Waals surface area contributed by atoms with Crippen molar-refractivity contribution in [1.29, 1.82) is 0 Å². The van der Waals surface area contributed by atoms with Crippen LogP contribution in [-0.4, -0.2) is 27.9 Å². The Morgan fingerprint density at radius 2 is 2.17 bits per heavy atom. The van der Waals surface area contributed by atoms with Gasteiger partial charge in [-0.15, -0.1) is 11.3 Å². The smallest absolute Gasteiger partial charge is 0.307 e. The predicted octanol–water partition coefficient (Wildman–Crippen LogP) is 1.96. The van der Waals surface area contributed by atoms with Crippen molar-refractivity contribution >= 4 is 23.2 Å². The van der Waals surface area contributed by atoms with Crippen LogP contribution in [0.15, 0.2) is 17.5 Å². The average Bonchev–Trinajstić information content (AvgIpc) is 3.24. The number of hydrogen-bond donors (Lipinski definition) is 1. The molecule has 1 aromatic heterocycles. The summed E-state index contributed by atoms with van der Waals surface area (Å²) in [5.41, 5.74) is 0. The lowest BCUT2D eigenvalue weighted by molar-refractivity contribution is -0.142. The molecule has 1 N–H and O–H groups in total. The largest absolute Gasteiger partial charge is 0.481 e. The zero-order chi connectivity index (χ0) is 12.7. The molecular formula is C13H15NO3S. The van der Waals surface area contributed by atoms with Crippen molar-refractivity contribution in [3.05, 3.63) is 22.4 Å². The van der Waals surface area contributed by atoms with Gasteiger partial charge in [-0.3, -0.25) is 9.59 Å². The van der Waals surface area contributed by atoms with Crippen molar-refractivity contribution in [3.63, 3.8) is 0 Å². The van der Waals surface area contributed by atoms with E-state index in [1.807, 2.05) is 22.4 Å². The fourth-order valence-electron chi connectivity index (χ4n) is 2.30. The summed E-state index contributed by atoms with van der Waals surface area (Å²) in [5, 5.41) is 10.9. The Kier molecular flexibility index (Phi) is 2.86. The molecule has 0 unspecified atom stereocenters. The van der Waals surface area contributed by atoms with E-state index < -0.39 is 11.9 Å². The zero-order valence-electron chi connectivity index (χ0n) is 9.91. The number of rotatable bonds is 5. The maximum Gasteiger partial charge on any atom is 0.307 e. The van der Waals surface area contributed by atoms with Crippen molar-refractivity contribution < 1.29 is 14.7 Å². The van der Waals surface area contributed by atoms with Gasteiger partial charge in [0, 0.05) is 10.9 Å². The highest BCUT2D eigenvalue weighted by Gasteiger charge is 2.51. The third-order valence-corrected chi connectivity index (χ3v) is 4.46. The van der Waals surface area contributed by atoms with E-state index in [1.165, 1.54) is 4.88 Å². The SMILES string of the molecule is O=C(O)[C@@H]1C[C@@H]1C(=O)N(Cc1cccs1)C1CC1. The minimum atomic E-state index is -0.833. The van der Waals surface area contributed by atoms with Gasteiger partial charge in [0.25, 0.3) is 0 Å². The fourth-order valence-corrected chi connectivity index (χ4v) is 3.00. The molecule has 0 radical (unpaired) electrons. The quantitative estimate of drug-likeness (QED) is 0.885.